The predicted octanol–water partition coefficient (Wildman–Crippen LogP) is 4.88. The molecule has 4 nitrogen and oxygen atoms in total. The maximum absolute atomic E-state index is 12.5. The lowest BCUT2D eigenvalue weighted by Crippen LogP contribution is -2.33. The first-order valence-electron chi connectivity index (χ1n) is 7.99. The van der Waals surface area contributed by atoms with Gasteiger partial charge in [-0.3, -0.25) is 9.78 Å². The van der Waals surface area contributed by atoms with Crippen LogP contribution in [0.4, 0.5) is 11.4 Å². The summed E-state index contributed by atoms with van der Waals surface area (Å²) in [5, 5.41) is 3.69. The number of amides is 1. The quantitative estimate of drug-likeness (QED) is 0.845. The van der Waals surface area contributed by atoms with Crippen LogP contribution in [0.2, 0.25) is 10.0 Å². The Bertz CT molecular complexity index is 743. The lowest BCUT2D eigenvalue weighted by atomic mass is 9.99. The van der Waals surface area contributed by atoms with E-state index < -0.39 is 0 Å². The van der Waals surface area contributed by atoms with Crippen molar-refractivity contribution in [2.24, 2.45) is 5.92 Å². The summed E-state index contributed by atoms with van der Waals surface area (Å²) in [7, 11) is 0. The Morgan fingerprint density at radius 2 is 1.92 bits per heavy atom. The number of halogens is 2. The maximum atomic E-state index is 12.5. The average Bonchev–Trinajstić information content (AvgIpc) is 2.59. The molecule has 1 aromatic heterocycles. The molecule has 24 heavy (non-hydrogen) atoms. The number of anilines is 2. The third-order valence-electron chi connectivity index (χ3n) is 4.31. The number of piperidine rings is 1. The van der Waals surface area contributed by atoms with Crippen molar-refractivity contribution in [2.45, 2.75) is 19.8 Å². The van der Waals surface area contributed by atoms with Gasteiger partial charge >= 0.3 is 0 Å². The van der Waals surface area contributed by atoms with Crippen LogP contribution in [0.25, 0.3) is 0 Å². The van der Waals surface area contributed by atoms with Crippen LogP contribution in [0, 0.1) is 5.92 Å². The maximum Gasteiger partial charge on any atom is 0.257 e. The van der Waals surface area contributed by atoms with E-state index in [9.17, 15) is 4.79 Å². The van der Waals surface area contributed by atoms with Crippen LogP contribution in [-0.2, 0) is 0 Å². The van der Waals surface area contributed by atoms with Crippen molar-refractivity contribution in [3.05, 3.63) is 52.3 Å². The van der Waals surface area contributed by atoms with E-state index >= 15 is 0 Å². The zero-order chi connectivity index (χ0) is 17.1. The summed E-state index contributed by atoms with van der Waals surface area (Å²) in [6.45, 7) is 4.28. The topological polar surface area (TPSA) is 45.2 Å². The van der Waals surface area contributed by atoms with Crippen molar-refractivity contribution >= 4 is 40.5 Å². The number of nitrogens with zero attached hydrogens (tertiary/aromatic N) is 2. The molecule has 1 aromatic carbocycles. The van der Waals surface area contributed by atoms with E-state index in [1.807, 2.05) is 12.3 Å². The Morgan fingerprint density at radius 1 is 1.17 bits per heavy atom. The number of hydrogen-bond donors (Lipinski definition) is 1. The van der Waals surface area contributed by atoms with Crippen LogP contribution in [0.5, 0.6) is 0 Å². The minimum atomic E-state index is -0.215. The van der Waals surface area contributed by atoms with Gasteiger partial charge in [0.15, 0.2) is 0 Å². The summed E-state index contributed by atoms with van der Waals surface area (Å²) in [5.41, 5.74) is 2.12. The minimum absolute atomic E-state index is 0.215. The van der Waals surface area contributed by atoms with Crippen LogP contribution in [-0.4, -0.2) is 24.0 Å². The van der Waals surface area contributed by atoms with Crippen LogP contribution < -0.4 is 10.2 Å². The number of aromatic nitrogens is 1. The van der Waals surface area contributed by atoms with Gasteiger partial charge in [-0.1, -0.05) is 30.1 Å². The van der Waals surface area contributed by atoms with Gasteiger partial charge in [-0.15, -0.1) is 0 Å². The molecular formula is C18H19Cl2N3O. The summed E-state index contributed by atoms with van der Waals surface area (Å²) in [6.07, 6.45) is 5.72. The third-order valence-corrected chi connectivity index (χ3v) is 5.05. The standard InChI is InChI=1S/C18H19Cl2N3O/c1-12-4-6-23(7-5-12)15-8-13(10-21-11-15)18(24)22-14-2-3-16(19)17(20)9-14/h2-3,8-12H,4-7H2,1H3,(H,22,24). The van der Waals surface area contributed by atoms with Gasteiger partial charge in [-0.2, -0.15) is 0 Å². The summed E-state index contributed by atoms with van der Waals surface area (Å²) >= 11 is 11.9. The Balaban J connectivity index is 1.73. The van der Waals surface area contributed by atoms with Gasteiger partial charge in [-0.25, -0.2) is 0 Å². The van der Waals surface area contributed by atoms with Crippen molar-refractivity contribution in [1.82, 2.24) is 4.98 Å². The molecule has 0 atom stereocenters. The second-order valence-electron chi connectivity index (χ2n) is 6.18. The Kier molecular flexibility index (Phi) is 5.27. The molecule has 1 amide bonds. The van der Waals surface area contributed by atoms with Crippen LogP contribution >= 0.6 is 23.2 Å². The second kappa shape index (κ2) is 7.41. The van der Waals surface area contributed by atoms with Gasteiger partial charge in [0.2, 0.25) is 0 Å². The lowest BCUT2D eigenvalue weighted by Gasteiger charge is -2.32. The fourth-order valence-electron chi connectivity index (χ4n) is 2.77. The molecule has 0 bridgehead atoms. The molecular weight excluding hydrogens is 345 g/mol. The normalized spacial score (nSPS) is 15.4. The molecule has 3 rings (SSSR count). The van der Waals surface area contributed by atoms with Gasteiger partial charge in [0.05, 0.1) is 27.5 Å². The molecule has 1 N–H and O–H groups in total. The minimum Gasteiger partial charge on any atom is -0.370 e. The molecule has 0 aliphatic carbocycles. The van der Waals surface area contributed by atoms with Gasteiger partial charge < -0.3 is 10.2 Å². The van der Waals surface area contributed by atoms with Crippen molar-refractivity contribution < 1.29 is 4.79 Å². The van der Waals surface area contributed by atoms with E-state index in [1.165, 1.54) is 12.8 Å². The molecule has 126 valence electrons. The van der Waals surface area contributed by atoms with Crippen molar-refractivity contribution in [1.29, 1.82) is 0 Å². The molecule has 2 aromatic rings. The first-order valence-corrected chi connectivity index (χ1v) is 8.75. The predicted molar refractivity (Wildman–Crippen MR) is 99.3 cm³/mol. The Hall–Kier alpha value is -1.78. The third kappa shape index (κ3) is 4.00. The largest absolute Gasteiger partial charge is 0.370 e. The van der Waals surface area contributed by atoms with Crippen LogP contribution in [0.15, 0.2) is 36.7 Å². The molecule has 2 heterocycles. The van der Waals surface area contributed by atoms with Gasteiger partial charge in [0.25, 0.3) is 5.91 Å². The molecule has 1 saturated heterocycles. The molecule has 0 unspecified atom stereocenters. The molecule has 1 aliphatic heterocycles. The van der Waals surface area contributed by atoms with Crippen molar-refractivity contribution in [3.63, 3.8) is 0 Å². The van der Waals surface area contributed by atoms with Crippen LogP contribution in [0.3, 0.4) is 0 Å². The zero-order valence-electron chi connectivity index (χ0n) is 13.4. The summed E-state index contributed by atoms with van der Waals surface area (Å²) < 4.78 is 0. The number of carbonyl (C=O) groups is 1. The smallest absolute Gasteiger partial charge is 0.257 e. The molecule has 1 fully saturated rings. The Morgan fingerprint density at radius 3 is 2.62 bits per heavy atom. The summed E-state index contributed by atoms with van der Waals surface area (Å²) in [5.74, 6) is 0.545. The molecule has 0 radical (unpaired) electrons. The number of benzene rings is 1. The highest BCUT2D eigenvalue weighted by molar-refractivity contribution is 6.42. The summed E-state index contributed by atoms with van der Waals surface area (Å²) in [4.78, 5) is 19.0. The fraction of sp³-hybridized carbons (Fsp3) is 0.333. The number of nitrogens with one attached hydrogen (secondary N) is 1. The van der Waals surface area contributed by atoms with E-state index in [0.29, 0.717) is 21.3 Å². The number of pyridine rings is 1. The second-order valence-corrected chi connectivity index (χ2v) is 7.00. The zero-order valence-corrected chi connectivity index (χ0v) is 14.9. The van der Waals surface area contributed by atoms with Crippen molar-refractivity contribution in [3.8, 4) is 0 Å². The molecule has 0 saturated carbocycles. The summed E-state index contributed by atoms with van der Waals surface area (Å²) in [6, 6.07) is 6.89. The van der Waals surface area contributed by atoms with Gasteiger partial charge in [-0.05, 0) is 43.0 Å². The molecule has 1 aliphatic rings. The van der Waals surface area contributed by atoms with E-state index in [-0.39, 0.29) is 5.91 Å². The fourth-order valence-corrected chi connectivity index (χ4v) is 3.07. The van der Waals surface area contributed by atoms with Gasteiger partial charge in [0.1, 0.15) is 0 Å². The average molecular weight is 364 g/mol. The highest BCUT2D eigenvalue weighted by Crippen LogP contribution is 2.26. The molecule has 0 spiro atoms. The van der Waals surface area contributed by atoms with E-state index in [0.717, 1.165) is 24.7 Å². The lowest BCUT2D eigenvalue weighted by molar-refractivity contribution is 0.102. The number of carbonyl (C=O) groups excluding carboxylic acids is 1. The Labute approximate surface area is 151 Å². The van der Waals surface area contributed by atoms with Gasteiger partial charge in [0, 0.05) is 25.0 Å². The van der Waals surface area contributed by atoms with Crippen molar-refractivity contribution in [2.75, 3.05) is 23.3 Å². The highest BCUT2D eigenvalue weighted by Gasteiger charge is 2.17. The van der Waals surface area contributed by atoms with E-state index in [4.69, 9.17) is 23.2 Å². The number of rotatable bonds is 3. The SMILES string of the molecule is CC1CCN(c2cncc(C(=O)Nc3ccc(Cl)c(Cl)c3)c2)CC1. The first-order chi connectivity index (χ1) is 11.5. The molecule has 6 heteroatoms. The first kappa shape index (κ1) is 17.1. The number of hydrogen-bond acceptors (Lipinski definition) is 3. The monoisotopic (exact) mass is 363 g/mol. The van der Waals surface area contributed by atoms with E-state index in [1.54, 1.807) is 24.4 Å². The van der Waals surface area contributed by atoms with Crippen LogP contribution in [0.1, 0.15) is 30.1 Å². The highest BCUT2D eigenvalue weighted by atomic mass is 35.5. The van der Waals surface area contributed by atoms with E-state index in [2.05, 4.69) is 22.1 Å².